The van der Waals surface area contributed by atoms with Crippen LogP contribution in [0.2, 0.25) is 0 Å². The van der Waals surface area contributed by atoms with Crippen molar-refractivity contribution in [3.05, 3.63) is 55.0 Å². The molecule has 0 saturated heterocycles. The summed E-state index contributed by atoms with van der Waals surface area (Å²) in [5, 5.41) is 1.85. The Bertz CT molecular complexity index is 615. The maximum absolute atomic E-state index is 12.0. The zero-order valence-corrected chi connectivity index (χ0v) is 11.5. The molecule has 2 aromatic heterocycles. The van der Waals surface area contributed by atoms with Crippen molar-refractivity contribution in [3.63, 3.8) is 0 Å². The predicted octanol–water partition coefficient (Wildman–Crippen LogP) is 2.86. The number of hydrogen-bond donors (Lipinski definition) is 0. The Hall–Kier alpha value is -1.20. The molecule has 0 aliphatic carbocycles. The molecule has 88 valence electrons. The summed E-state index contributed by atoms with van der Waals surface area (Å²) in [4.78, 5) is 24.3. The molecule has 0 atom stereocenters. The van der Waals surface area contributed by atoms with E-state index in [1.807, 2.05) is 24.4 Å². The van der Waals surface area contributed by atoms with Gasteiger partial charge in [-0.05, 0) is 40.4 Å². The minimum atomic E-state index is -0.147. The fraction of sp³-hybridized carbons (Fsp3) is 0.167. The number of nitrogens with zero attached hydrogens (tertiary/aromatic N) is 1. The van der Waals surface area contributed by atoms with E-state index >= 15 is 0 Å². The van der Waals surface area contributed by atoms with Crippen LogP contribution >= 0.6 is 27.3 Å². The minimum absolute atomic E-state index is 0.0525. The molecule has 2 aromatic rings. The van der Waals surface area contributed by atoms with E-state index in [2.05, 4.69) is 15.9 Å². The van der Waals surface area contributed by atoms with E-state index in [1.54, 1.807) is 6.07 Å². The molecule has 0 saturated carbocycles. The zero-order chi connectivity index (χ0) is 12.4. The monoisotopic (exact) mass is 311 g/mol. The van der Waals surface area contributed by atoms with Gasteiger partial charge in [-0.3, -0.25) is 9.59 Å². The van der Waals surface area contributed by atoms with Gasteiger partial charge in [0.2, 0.25) is 0 Å². The van der Waals surface area contributed by atoms with Crippen molar-refractivity contribution in [2.75, 3.05) is 0 Å². The first-order chi connectivity index (χ1) is 8.09. The highest BCUT2D eigenvalue weighted by Gasteiger charge is 2.13. The van der Waals surface area contributed by atoms with Gasteiger partial charge in [-0.2, -0.15) is 0 Å². The molecule has 17 heavy (non-hydrogen) atoms. The van der Waals surface area contributed by atoms with Crippen LogP contribution in [0.5, 0.6) is 0 Å². The molecule has 0 aliphatic heterocycles. The fourth-order valence-electron chi connectivity index (χ4n) is 1.53. The number of ketones is 1. The molecule has 0 bridgehead atoms. The molecule has 0 N–H and O–H groups in total. The van der Waals surface area contributed by atoms with Crippen molar-refractivity contribution in [2.24, 2.45) is 0 Å². The third-order valence-corrected chi connectivity index (χ3v) is 4.32. The largest absolute Gasteiger partial charge is 0.305 e. The maximum Gasteiger partial charge on any atom is 0.251 e. The first kappa shape index (κ1) is 12.3. The van der Waals surface area contributed by atoms with Gasteiger partial charge in [0.25, 0.3) is 5.56 Å². The first-order valence-corrected chi connectivity index (χ1v) is 6.69. The highest BCUT2D eigenvalue weighted by atomic mass is 79.9. The van der Waals surface area contributed by atoms with Crippen LogP contribution in [-0.2, 0) is 6.54 Å². The average Bonchev–Trinajstić information content (AvgIpc) is 2.70. The predicted molar refractivity (Wildman–Crippen MR) is 71.8 cm³/mol. The number of aromatic nitrogens is 1. The van der Waals surface area contributed by atoms with E-state index < -0.39 is 0 Å². The highest BCUT2D eigenvalue weighted by molar-refractivity contribution is 9.10. The Morgan fingerprint density at radius 2 is 2.18 bits per heavy atom. The molecule has 0 aromatic carbocycles. The van der Waals surface area contributed by atoms with E-state index in [4.69, 9.17) is 0 Å². The van der Waals surface area contributed by atoms with Crippen LogP contribution in [0, 0.1) is 6.92 Å². The molecule has 0 radical (unpaired) electrons. The number of halogens is 1. The summed E-state index contributed by atoms with van der Waals surface area (Å²) in [6, 6.07) is 6.81. The summed E-state index contributed by atoms with van der Waals surface area (Å²) >= 11 is 4.70. The molecular formula is C12H10BrNO2S. The lowest BCUT2D eigenvalue weighted by Crippen LogP contribution is -2.24. The second-order valence-corrected chi connectivity index (χ2v) is 5.38. The van der Waals surface area contributed by atoms with Crippen LogP contribution in [0.1, 0.15) is 15.4 Å². The second kappa shape index (κ2) is 4.98. The lowest BCUT2D eigenvalue weighted by Gasteiger charge is -2.07. The summed E-state index contributed by atoms with van der Waals surface area (Å²) in [6.45, 7) is 1.91. The molecule has 0 fully saturated rings. The number of thiophene rings is 1. The fourth-order valence-corrected chi connectivity index (χ4v) is 3.06. The van der Waals surface area contributed by atoms with Gasteiger partial charge in [-0.25, -0.2) is 0 Å². The number of carbonyl (C=O) groups excluding carboxylic acids is 1. The number of carbonyl (C=O) groups is 1. The second-order valence-electron chi connectivity index (χ2n) is 3.61. The van der Waals surface area contributed by atoms with Crippen LogP contribution in [-0.4, -0.2) is 10.4 Å². The molecule has 0 aliphatic rings. The molecule has 0 spiro atoms. The number of hydrogen-bond acceptors (Lipinski definition) is 3. The van der Waals surface area contributed by atoms with Crippen molar-refractivity contribution >= 4 is 33.0 Å². The van der Waals surface area contributed by atoms with Crippen molar-refractivity contribution in [2.45, 2.75) is 13.5 Å². The SMILES string of the molecule is Cc1cccc(=O)n1CC(=O)c1sccc1Br. The Labute approximate surface area is 111 Å². The number of aryl methyl sites for hydroxylation is 1. The zero-order valence-electron chi connectivity index (χ0n) is 9.14. The van der Waals surface area contributed by atoms with Crippen LogP contribution < -0.4 is 5.56 Å². The normalized spacial score (nSPS) is 10.5. The summed E-state index contributed by atoms with van der Waals surface area (Å²) in [6.07, 6.45) is 0. The van der Waals surface area contributed by atoms with Crippen molar-refractivity contribution in [3.8, 4) is 0 Å². The molecule has 2 rings (SSSR count). The summed E-state index contributed by atoms with van der Waals surface area (Å²) in [5.41, 5.74) is 0.643. The molecular weight excluding hydrogens is 302 g/mol. The van der Waals surface area contributed by atoms with E-state index in [1.165, 1.54) is 22.0 Å². The quantitative estimate of drug-likeness (QED) is 0.818. The van der Waals surface area contributed by atoms with E-state index in [0.29, 0.717) is 4.88 Å². The third-order valence-electron chi connectivity index (χ3n) is 2.44. The van der Waals surface area contributed by atoms with Gasteiger partial charge >= 0.3 is 0 Å². The Morgan fingerprint density at radius 3 is 2.76 bits per heavy atom. The van der Waals surface area contributed by atoms with Crippen LogP contribution in [0.15, 0.2) is 38.9 Å². The Balaban J connectivity index is 2.31. The van der Waals surface area contributed by atoms with Crippen molar-refractivity contribution in [1.82, 2.24) is 4.57 Å². The molecule has 0 amide bonds. The first-order valence-electron chi connectivity index (χ1n) is 5.02. The molecule has 2 heterocycles. The van der Waals surface area contributed by atoms with Crippen molar-refractivity contribution in [1.29, 1.82) is 0 Å². The minimum Gasteiger partial charge on any atom is -0.305 e. The lowest BCUT2D eigenvalue weighted by molar-refractivity contribution is 0.0973. The van der Waals surface area contributed by atoms with Gasteiger partial charge in [0.05, 0.1) is 11.4 Å². The van der Waals surface area contributed by atoms with Gasteiger partial charge in [0.1, 0.15) is 0 Å². The maximum atomic E-state index is 12.0. The standard InChI is InChI=1S/C12H10BrNO2S/c1-8-3-2-4-11(16)14(8)7-10(15)12-9(13)5-6-17-12/h2-6H,7H2,1H3. The number of rotatable bonds is 3. The molecule has 3 nitrogen and oxygen atoms in total. The number of Topliss-reactive ketones (excluding diaryl/α,β-unsaturated/α-hetero) is 1. The third kappa shape index (κ3) is 2.56. The van der Waals surface area contributed by atoms with Crippen LogP contribution in [0.3, 0.4) is 0 Å². The highest BCUT2D eigenvalue weighted by Crippen LogP contribution is 2.23. The molecule has 5 heteroatoms. The van der Waals surface area contributed by atoms with Crippen LogP contribution in [0.4, 0.5) is 0 Å². The van der Waals surface area contributed by atoms with E-state index in [0.717, 1.165) is 10.2 Å². The number of pyridine rings is 1. The summed E-state index contributed by atoms with van der Waals surface area (Å²) < 4.78 is 2.27. The van der Waals surface area contributed by atoms with Gasteiger partial charge in [-0.1, -0.05) is 6.07 Å². The van der Waals surface area contributed by atoms with Crippen molar-refractivity contribution < 1.29 is 4.79 Å². The van der Waals surface area contributed by atoms with Crippen LogP contribution in [0.25, 0.3) is 0 Å². The topological polar surface area (TPSA) is 39.1 Å². The van der Waals surface area contributed by atoms with Gasteiger partial charge < -0.3 is 4.57 Å². The van der Waals surface area contributed by atoms with Gasteiger partial charge in [0, 0.05) is 16.2 Å². The summed E-state index contributed by atoms with van der Waals surface area (Å²) in [5.74, 6) is -0.0525. The van der Waals surface area contributed by atoms with Gasteiger partial charge in [-0.15, -0.1) is 11.3 Å². The van der Waals surface area contributed by atoms with E-state index in [-0.39, 0.29) is 17.9 Å². The summed E-state index contributed by atoms with van der Waals surface area (Å²) in [7, 11) is 0. The average molecular weight is 312 g/mol. The molecule has 0 unspecified atom stereocenters. The van der Waals surface area contributed by atoms with Gasteiger partial charge in [0.15, 0.2) is 5.78 Å². The van der Waals surface area contributed by atoms with E-state index in [9.17, 15) is 9.59 Å². The Kier molecular flexibility index (Phi) is 3.59. The lowest BCUT2D eigenvalue weighted by atomic mass is 10.3. The smallest absolute Gasteiger partial charge is 0.251 e. The Morgan fingerprint density at radius 1 is 1.41 bits per heavy atom.